The van der Waals surface area contributed by atoms with E-state index in [2.05, 4.69) is 5.32 Å². The number of sulfonamides is 1. The van der Waals surface area contributed by atoms with Crippen molar-refractivity contribution < 1.29 is 18.0 Å². The van der Waals surface area contributed by atoms with E-state index in [1.54, 1.807) is 28.3 Å². The van der Waals surface area contributed by atoms with Gasteiger partial charge in [0.25, 0.3) is 0 Å². The molecule has 0 bridgehead atoms. The van der Waals surface area contributed by atoms with Crippen LogP contribution in [0, 0.1) is 6.92 Å². The van der Waals surface area contributed by atoms with Crippen LogP contribution < -0.4 is 10.2 Å². The van der Waals surface area contributed by atoms with Crippen LogP contribution in [0.5, 0.6) is 0 Å². The number of aryl methyl sites for hydroxylation is 1. The van der Waals surface area contributed by atoms with Crippen LogP contribution in [-0.2, 0) is 19.6 Å². The summed E-state index contributed by atoms with van der Waals surface area (Å²) < 4.78 is 28.7. The molecule has 0 unspecified atom stereocenters. The van der Waals surface area contributed by atoms with Gasteiger partial charge >= 0.3 is 0 Å². The average Bonchev–Trinajstić information content (AvgIpc) is 3.23. The van der Waals surface area contributed by atoms with Gasteiger partial charge in [0.05, 0.1) is 4.90 Å². The molecule has 1 aromatic rings. The molecule has 0 spiro atoms. The SMILES string of the molecule is Cc1ccc(N2CCCC2=O)cc1S(=O)(=O)N1CC[C@@H]2NC(=O)CCCC[C@H]21. The number of anilines is 1. The van der Waals surface area contributed by atoms with Crippen LogP contribution in [0.1, 0.15) is 50.5 Å². The van der Waals surface area contributed by atoms with Gasteiger partial charge in [-0.15, -0.1) is 0 Å². The summed E-state index contributed by atoms with van der Waals surface area (Å²) in [6.07, 6.45) is 4.85. The Balaban J connectivity index is 1.66. The quantitative estimate of drug-likeness (QED) is 0.833. The molecule has 7 nitrogen and oxygen atoms in total. The summed E-state index contributed by atoms with van der Waals surface area (Å²) in [6.45, 7) is 2.82. The van der Waals surface area contributed by atoms with Gasteiger partial charge in [-0.05, 0) is 50.3 Å². The van der Waals surface area contributed by atoms with Crippen molar-refractivity contribution in [1.29, 1.82) is 0 Å². The van der Waals surface area contributed by atoms with Crippen molar-refractivity contribution in [2.45, 2.75) is 68.8 Å². The fraction of sp³-hybridized carbons (Fsp3) is 0.600. The van der Waals surface area contributed by atoms with Crippen molar-refractivity contribution >= 4 is 27.5 Å². The van der Waals surface area contributed by atoms with Crippen LogP contribution in [0.3, 0.4) is 0 Å². The Morgan fingerprint density at radius 2 is 1.86 bits per heavy atom. The highest BCUT2D eigenvalue weighted by atomic mass is 32.2. The minimum Gasteiger partial charge on any atom is -0.352 e. The molecule has 8 heteroatoms. The van der Waals surface area contributed by atoms with E-state index in [9.17, 15) is 18.0 Å². The zero-order chi connectivity index (χ0) is 19.9. The monoisotopic (exact) mass is 405 g/mol. The highest BCUT2D eigenvalue weighted by molar-refractivity contribution is 7.89. The molecule has 1 aromatic carbocycles. The van der Waals surface area contributed by atoms with Crippen molar-refractivity contribution in [3.05, 3.63) is 23.8 Å². The van der Waals surface area contributed by atoms with Crippen molar-refractivity contribution in [3.63, 3.8) is 0 Å². The fourth-order valence-corrected chi connectivity index (χ4v) is 6.59. The van der Waals surface area contributed by atoms with E-state index in [-0.39, 0.29) is 28.8 Å². The third kappa shape index (κ3) is 3.43. The summed E-state index contributed by atoms with van der Waals surface area (Å²) >= 11 is 0. The number of rotatable bonds is 3. The Morgan fingerprint density at radius 3 is 2.61 bits per heavy atom. The first-order valence-corrected chi connectivity index (χ1v) is 11.5. The van der Waals surface area contributed by atoms with Gasteiger partial charge < -0.3 is 10.2 Å². The Bertz CT molecular complexity index is 899. The maximum atomic E-state index is 13.5. The summed E-state index contributed by atoms with van der Waals surface area (Å²) in [4.78, 5) is 26.0. The molecule has 3 aliphatic heterocycles. The Labute approximate surface area is 166 Å². The first-order valence-electron chi connectivity index (χ1n) is 10.1. The van der Waals surface area contributed by atoms with E-state index in [0.717, 1.165) is 25.7 Å². The van der Waals surface area contributed by atoms with Gasteiger partial charge in [-0.25, -0.2) is 8.42 Å². The summed E-state index contributed by atoms with van der Waals surface area (Å²) in [5.41, 5.74) is 1.32. The van der Waals surface area contributed by atoms with E-state index in [1.807, 2.05) is 6.07 Å². The fourth-order valence-electron chi connectivity index (χ4n) is 4.64. The zero-order valence-corrected chi connectivity index (χ0v) is 17.0. The van der Waals surface area contributed by atoms with E-state index in [1.165, 1.54) is 0 Å². The van der Waals surface area contributed by atoms with Crippen molar-refractivity contribution in [2.75, 3.05) is 18.0 Å². The van der Waals surface area contributed by atoms with Crippen LogP contribution in [0.25, 0.3) is 0 Å². The first kappa shape index (κ1) is 19.4. The van der Waals surface area contributed by atoms with Gasteiger partial charge in [-0.3, -0.25) is 9.59 Å². The van der Waals surface area contributed by atoms with Gasteiger partial charge in [-0.1, -0.05) is 12.5 Å². The van der Waals surface area contributed by atoms with E-state index < -0.39 is 10.0 Å². The maximum Gasteiger partial charge on any atom is 0.243 e. The minimum atomic E-state index is -3.71. The lowest BCUT2D eigenvalue weighted by molar-refractivity contribution is -0.122. The average molecular weight is 406 g/mol. The third-order valence-electron chi connectivity index (χ3n) is 6.14. The van der Waals surface area contributed by atoms with E-state index in [0.29, 0.717) is 43.6 Å². The minimum absolute atomic E-state index is 0.0136. The molecular formula is C20H27N3O4S. The van der Waals surface area contributed by atoms with Gasteiger partial charge in [0, 0.05) is 43.7 Å². The molecule has 0 aliphatic carbocycles. The molecule has 0 radical (unpaired) electrons. The molecule has 3 fully saturated rings. The van der Waals surface area contributed by atoms with Crippen molar-refractivity contribution in [3.8, 4) is 0 Å². The van der Waals surface area contributed by atoms with Crippen molar-refractivity contribution in [1.82, 2.24) is 9.62 Å². The first-order chi connectivity index (χ1) is 13.4. The molecule has 1 N–H and O–H groups in total. The number of nitrogens with zero attached hydrogens (tertiary/aromatic N) is 2. The molecule has 2 atom stereocenters. The number of carbonyl (C=O) groups excluding carboxylic acids is 2. The van der Waals surface area contributed by atoms with Crippen LogP contribution >= 0.6 is 0 Å². The molecular weight excluding hydrogens is 378 g/mol. The molecule has 4 rings (SSSR count). The van der Waals surface area contributed by atoms with E-state index in [4.69, 9.17) is 0 Å². The van der Waals surface area contributed by atoms with Gasteiger partial charge in [0.15, 0.2) is 0 Å². The standard InChI is InChI=1S/C20H27N3O4S/c1-14-8-9-15(22-11-4-7-20(22)25)13-18(14)28(26,27)23-12-10-16-17(23)5-2-3-6-19(24)21-16/h8-9,13,16-17H,2-7,10-12H2,1H3,(H,21,24)/t16-,17+/m0/s1. The van der Waals surface area contributed by atoms with Crippen LogP contribution in [0.15, 0.2) is 23.1 Å². The molecule has 28 heavy (non-hydrogen) atoms. The number of amides is 2. The lowest BCUT2D eigenvalue weighted by atomic mass is 9.99. The number of benzene rings is 1. The largest absolute Gasteiger partial charge is 0.352 e. The third-order valence-corrected chi connectivity index (χ3v) is 8.20. The van der Waals surface area contributed by atoms with Gasteiger partial charge in [0.2, 0.25) is 21.8 Å². The van der Waals surface area contributed by atoms with E-state index >= 15 is 0 Å². The second-order valence-corrected chi connectivity index (χ2v) is 9.85. The summed E-state index contributed by atoms with van der Waals surface area (Å²) in [5.74, 6) is 0.0517. The Hall–Kier alpha value is -1.93. The smallest absolute Gasteiger partial charge is 0.243 e. The molecule has 2 amide bonds. The van der Waals surface area contributed by atoms with Gasteiger partial charge in [-0.2, -0.15) is 4.31 Å². The topological polar surface area (TPSA) is 86.8 Å². The molecule has 3 heterocycles. The number of hydrogen-bond acceptors (Lipinski definition) is 4. The lowest BCUT2D eigenvalue weighted by Crippen LogP contribution is -2.47. The normalized spacial score (nSPS) is 26.7. The second-order valence-electron chi connectivity index (χ2n) is 7.99. The van der Waals surface area contributed by atoms with Crippen LogP contribution in [-0.4, -0.2) is 49.7 Å². The predicted molar refractivity (Wildman–Crippen MR) is 105 cm³/mol. The molecule has 0 saturated carbocycles. The van der Waals surface area contributed by atoms with Crippen molar-refractivity contribution in [2.24, 2.45) is 0 Å². The van der Waals surface area contributed by atoms with Gasteiger partial charge in [0.1, 0.15) is 0 Å². The Kier molecular flexibility index (Phi) is 5.18. The summed E-state index contributed by atoms with van der Waals surface area (Å²) in [5, 5.41) is 3.01. The molecule has 3 saturated heterocycles. The highest BCUT2D eigenvalue weighted by Gasteiger charge is 2.43. The number of fused-ring (bicyclic) bond motifs is 1. The lowest BCUT2D eigenvalue weighted by Gasteiger charge is -2.30. The van der Waals surface area contributed by atoms with Crippen LogP contribution in [0.4, 0.5) is 5.69 Å². The molecule has 3 aliphatic rings. The molecule has 152 valence electrons. The number of nitrogens with one attached hydrogen (secondary N) is 1. The Morgan fingerprint density at radius 1 is 1.04 bits per heavy atom. The zero-order valence-electron chi connectivity index (χ0n) is 16.2. The summed E-state index contributed by atoms with van der Waals surface area (Å²) in [6, 6.07) is 4.92. The van der Waals surface area contributed by atoms with Crippen LogP contribution in [0.2, 0.25) is 0 Å². The maximum absolute atomic E-state index is 13.5. The highest BCUT2D eigenvalue weighted by Crippen LogP contribution is 2.34. The summed E-state index contributed by atoms with van der Waals surface area (Å²) in [7, 11) is -3.71. The number of carbonyl (C=O) groups is 2. The molecule has 0 aromatic heterocycles. The number of hydrogen-bond donors (Lipinski definition) is 1. The second kappa shape index (κ2) is 7.48. The predicted octanol–water partition coefficient (Wildman–Crippen LogP) is 1.94.